The summed E-state index contributed by atoms with van der Waals surface area (Å²) in [6.07, 6.45) is 5.50. The first kappa shape index (κ1) is 20.1. The van der Waals surface area contributed by atoms with Crippen LogP contribution in [0.3, 0.4) is 0 Å². The Kier molecular flexibility index (Phi) is 6.81. The van der Waals surface area contributed by atoms with Crippen molar-refractivity contribution < 1.29 is 4.79 Å². The highest BCUT2D eigenvalue weighted by Crippen LogP contribution is 2.29. The molecule has 0 fully saturated rings. The van der Waals surface area contributed by atoms with Crippen LogP contribution in [0.2, 0.25) is 0 Å². The van der Waals surface area contributed by atoms with E-state index in [1.54, 1.807) is 12.4 Å². The van der Waals surface area contributed by atoms with E-state index in [4.69, 9.17) is 0 Å². The maximum absolute atomic E-state index is 12.3. The molecule has 28 heavy (non-hydrogen) atoms. The molecule has 0 bridgehead atoms. The molecular weight excluding hydrogens is 370 g/mol. The van der Waals surface area contributed by atoms with Gasteiger partial charge in [-0.2, -0.15) is 0 Å². The number of hydrogen-bond acceptors (Lipinski definition) is 5. The van der Waals surface area contributed by atoms with Crippen LogP contribution < -0.4 is 5.32 Å². The molecule has 0 saturated carbocycles. The van der Waals surface area contributed by atoms with E-state index in [0.717, 1.165) is 35.5 Å². The molecule has 7 heteroatoms. The molecule has 0 radical (unpaired) electrons. The molecule has 2 aromatic heterocycles. The van der Waals surface area contributed by atoms with Gasteiger partial charge in [0.1, 0.15) is 0 Å². The van der Waals surface area contributed by atoms with Gasteiger partial charge in [-0.3, -0.25) is 14.3 Å². The summed E-state index contributed by atoms with van der Waals surface area (Å²) in [4.78, 5) is 16.4. The average Bonchev–Trinajstić information content (AvgIpc) is 3.11. The summed E-state index contributed by atoms with van der Waals surface area (Å²) in [5.74, 6) is 1.05. The van der Waals surface area contributed by atoms with Gasteiger partial charge >= 0.3 is 0 Å². The number of para-hydroxylation sites is 1. The maximum atomic E-state index is 12.3. The fourth-order valence-electron chi connectivity index (χ4n) is 3.03. The molecular formula is C21H25N5OS. The third kappa shape index (κ3) is 4.78. The number of hydrogen-bond donors (Lipinski definition) is 1. The quantitative estimate of drug-likeness (QED) is 0.583. The number of amides is 1. The van der Waals surface area contributed by atoms with Gasteiger partial charge in [0, 0.05) is 24.0 Å². The lowest BCUT2D eigenvalue weighted by Crippen LogP contribution is -2.33. The fraction of sp³-hybridized carbons (Fsp3) is 0.333. The SMILES string of the molecule is CCC[C@@H](C)NC(=O)CSc1nnc(-c2ccncc2)n1-c1ccccc1C. The predicted molar refractivity (Wildman–Crippen MR) is 113 cm³/mol. The normalized spacial score (nSPS) is 12.0. The van der Waals surface area contributed by atoms with Gasteiger partial charge in [-0.25, -0.2) is 0 Å². The third-order valence-corrected chi connectivity index (χ3v) is 5.32. The summed E-state index contributed by atoms with van der Waals surface area (Å²) in [6.45, 7) is 6.20. The maximum Gasteiger partial charge on any atom is 0.230 e. The van der Waals surface area contributed by atoms with Crippen molar-refractivity contribution in [2.75, 3.05) is 5.75 Å². The molecule has 3 rings (SSSR count). The van der Waals surface area contributed by atoms with E-state index in [0.29, 0.717) is 10.9 Å². The van der Waals surface area contributed by atoms with E-state index in [2.05, 4.69) is 40.4 Å². The molecule has 0 aliphatic carbocycles. The van der Waals surface area contributed by atoms with E-state index in [1.807, 2.05) is 41.8 Å². The number of pyridine rings is 1. The molecule has 1 N–H and O–H groups in total. The number of carbonyl (C=O) groups is 1. The van der Waals surface area contributed by atoms with Crippen molar-refractivity contribution in [1.29, 1.82) is 0 Å². The minimum atomic E-state index is 0.00995. The Bertz CT molecular complexity index is 926. The summed E-state index contributed by atoms with van der Waals surface area (Å²) in [5.41, 5.74) is 3.04. The predicted octanol–water partition coefficient (Wildman–Crippen LogP) is 4.03. The van der Waals surface area contributed by atoms with Crippen LogP contribution >= 0.6 is 11.8 Å². The molecule has 3 aromatic rings. The van der Waals surface area contributed by atoms with Crippen molar-refractivity contribution in [1.82, 2.24) is 25.1 Å². The molecule has 146 valence electrons. The minimum absolute atomic E-state index is 0.00995. The summed E-state index contributed by atoms with van der Waals surface area (Å²) >= 11 is 1.40. The van der Waals surface area contributed by atoms with Crippen molar-refractivity contribution in [3.63, 3.8) is 0 Å². The second-order valence-corrected chi connectivity index (χ2v) is 7.65. The summed E-state index contributed by atoms with van der Waals surface area (Å²) in [7, 11) is 0. The Morgan fingerprint density at radius 2 is 1.93 bits per heavy atom. The Hall–Kier alpha value is -2.67. The third-order valence-electron chi connectivity index (χ3n) is 4.39. The van der Waals surface area contributed by atoms with Gasteiger partial charge in [0.2, 0.25) is 5.91 Å². The van der Waals surface area contributed by atoms with Crippen LogP contribution in [0.1, 0.15) is 32.3 Å². The Morgan fingerprint density at radius 3 is 2.64 bits per heavy atom. The van der Waals surface area contributed by atoms with Crippen molar-refractivity contribution in [3.8, 4) is 17.1 Å². The number of rotatable bonds is 8. The fourth-order valence-corrected chi connectivity index (χ4v) is 3.79. The summed E-state index contributed by atoms with van der Waals surface area (Å²) < 4.78 is 2.01. The van der Waals surface area contributed by atoms with Crippen molar-refractivity contribution >= 4 is 17.7 Å². The summed E-state index contributed by atoms with van der Waals surface area (Å²) in [5, 5.41) is 12.5. The van der Waals surface area contributed by atoms with Gasteiger partial charge < -0.3 is 5.32 Å². The first-order valence-corrected chi connectivity index (χ1v) is 10.4. The Balaban J connectivity index is 1.89. The van der Waals surface area contributed by atoms with Gasteiger partial charge in [-0.15, -0.1) is 10.2 Å². The molecule has 0 aliphatic rings. The van der Waals surface area contributed by atoms with E-state index in [-0.39, 0.29) is 11.9 Å². The molecule has 1 amide bonds. The molecule has 0 unspecified atom stereocenters. The molecule has 0 saturated heterocycles. The smallest absolute Gasteiger partial charge is 0.230 e. The van der Waals surface area contributed by atoms with Crippen LogP contribution in [0.15, 0.2) is 53.9 Å². The van der Waals surface area contributed by atoms with Gasteiger partial charge in [0.15, 0.2) is 11.0 Å². The van der Waals surface area contributed by atoms with E-state index in [1.165, 1.54) is 11.8 Å². The minimum Gasteiger partial charge on any atom is -0.353 e. The van der Waals surface area contributed by atoms with Crippen molar-refractivity contribution in [2.24, 2.45) is 0 Å². The Labute approximate surface area is 169 Å². The van der Waals surface area contributed by atoms with Crippen molar-refractivity contribution in [3.05, 3.63) is 54.4 Å². The highest BCUT2D eigenvalue weighted by molar-refractivity contribution is 7.99. The number of aromatic nitrogens is 4. The highest BCUT2D eigenvalue weighted by atomic mass is 32.2. The summed E-state index contributed by atoms with van der Waals surface area (Å²) in [6, 6.07) is 12.1. The number of nitrogens with zero attached hydrogens (tertiary/aromatic N) is 4. The lowest BCUT2D eigenvalue weighted by molar-refractivity contribution is -0.119. The number of thioether (sulfide) groups is 1. The van der Waals surface area contributed by atoms with Crippen LogP contribution in [0.4, 0.5) is 0 Å². The van der Waals surface area contributed by atoms with Gasteiger partial charge in [0.05, 0.1) is 11.4 Å². The van der Waals surface area contributed by atoms with Gasteiger partial charge in [-0.1, -0.05) is 43.3 Å². The van der Waals surface area contributed by atoms with E-state index >= 15 is 0 Å². The van der Waals surface area contributed by atoms with Crippen LogP contribution in [0.5, 0.6) is 0 Å². The molecule has 0 spiro atoms. The monoisotopic (exact) mass is 395 g/mol. The number of carbonyl (C=O) groups excluding carboxylic acids is 1. The van der Waals surface area contributed by atoms with Crippen LogP contribution in [-0.4, -0.2) is 37.5 Å². The molecule has 1 aromatic carbocycles. The molecule has 1 atom stereocenters. The largest absolute Gasteiger partial charge is 0.353 e. The zero-order chi connectivity index (χ0) is 19.9. The number of benzene rings is 1. The van der Waals surface area contributed by atoms with Gasteiger partial charge in [0.25, 0.3) is 0 Å². The standard InChI is InChI=1S/C21H25N5OS/c1-4-7-16(3)23-19(27)14-28-21-25-24-20(17-10-12-22-13-11-17)26(21)18-9-6-5-8-15(18)2/h5-6,8-13,16H,4,7,14H2,1-3H3,(H,23,27)/t16-/m1/s1. The molecule has 2 heterocycles. The first-order chi connectivity index (χ1) is 13.6. The zero-order valence-electron chi connectivity index (χ0n) is 16.4. The Morgan fingerprint density at radius 1 is 1.18 bits per heavy atom. The van der Waals surface area contributed by atoms with Crippen LogP contribution in [0.25, 0.3) is 17.1 Å². The number of aryl methyl sites for hydroxylation is 1. The lowest BCUT2D eigenvalue weighted by Gasteiger charge is -2.14. The average molecular weight is 396 g/mol. The van der Waals surface area contributed by atoms with Gasteiger partial charge in [-0.05, 0) is 44.0 Å². The lowest BCUT2D eigenvalue weighted by atomic mass is 10.2. The first-order valence-electron chi connectivity index (χ1n) is 9.44. The molecule has 6 nitrogen and oxygen atoms in total. The van der Waals surface area contributed by atoms with Crippen LogP contribution in [0, 0.1) is 6.92 Å². The zero-order valence-corrected chi connectivity index (χ0v) is 17.2. The molecule has 0 aliphatic heterocycles. The van der Waals surface area contributed by atoms with E-state index in [9.17, 15) is 4.79 Å². The van der Waals surface area contributed by atoms with Crippen LogP contribution in [-0.2, 0) is 4.79 Å². The van der Waals surface area contributed by atoms with Crippen molar-refractivity contribution in [2.45, 2.75) is 44.8 Å². The number of nitrogens with one attached hydrogen (secondary N) is 1. The second-order valence-electron chi connectivity index (χ2n) is 6.71. The topological polar surface area (TPSA) is 72.7 Å². The second kappa shape index (κ2) is 9.50. The highest BCUT2D eigenvalue weighted by Gasteiger charge is 2.18. The van der Waals surface area contributed by atoms with E-state index < -0.39 is 0 Å².